The van der Waals surface area contributed by atoms with Crippen LogP contribution < -0.4 is 15.8 Å². The number of carbonyl (C=O) groups is 2. The highest BCUT2D eigenvalue weighted by atomic mass is 16.5. The Morgan fingerprint density at radius 3 is 2.36 bits per heavy atom. The highest BCUT2D eigenvalue weighted by molar-refractivity contribution is 5.99. The molecule has 6 heteroatoms. The van der Waals surface area contributed by atoms with E-state index in [1.54, 1.807) is 25.3 Å². The predicted octanol–water partition coefficient (Wildman–Crippen LogP) is 3.03. The molecule has 0 atom stereocenters. The fourth-order valence-electron chi connectivity index (χ4n) is 2.30. The average molecular weight is 342 g/mol. The topological polar surface area (TPSA) is 90.7 Å². The molecule has 0 aliphatic heterocycles. The molecule has 0 spiro atoms. The number of benzene rings is 2. The number of ether oxygens (including phenoxy) is 2. The molecule has 0 bridgehead atoms. The number of anilines is 2. The van der Waals surface area contributed by atoms with Gasteiger partial charge >= 0.3 is 5.97 Å². The van der Waals surface area contributed by atoms with Gasteiger partial charge in [-0.05, 0) is 35.9 Å². The number of hydrogen-bond donors (Lipinski definition) is 2. The second-order valence-corrected chi connectivity index (χ2v) is 5.50. The lowest BCUT2D eigenvalue weighted by Crippen LogP contribution is -2.07. The van der Waals surface area contributed by atoms with Crippen LogP contribution in [0.1, 0.15) is 28.8 Å². The summed E-state index contributed by atoms with van der Waals surface area (Å²) in [5.74, 6) is 0.260. The van der Waals surface area contributed by atoms with Gasteiger partial charge in [0.1, 0.15) is 5.75 Å². The molecule has 132 valence electrons. The van der Waals surface area contributed by atoms with Gasteiger partial charge in [0.2, 0.25) is 0 Å². The number of nitrogens with two attached hydrogens (primary N) is 1. The first kappa shape index (κ1) is 18.3. The summed E-state index contributed by atoms with van der Waals surface area (Å²) < 4.78 is 9.66. The van der Waals surface area contributed by atoms with E-state index in [0.29, 0.717) is 17.8 Å². The van der Waals surface area contributed by atoms with Gasteiger partial charge in [-0.3, -0.25) is 9.59 Å². The number of Topliss-reactive ketones (excluding diaryl/α,β-unsaturated/α-hetero) is 1. The van der Waals surface area contributed by atoms with Gasteiger partial charge in [-0.2, -0.15) is 0 Å². The molecule has 0 saturated carbocycles. The van der Waals surface area contributed by atoms with Gasteiger partial charge in [0, 0.05) is 18.5 Å². The fourth-order valence-corrected chi connectivity index (χ4v) is 2.30. The van der Waals surface area contributed by atoms with E-state index in [0.717, 1.165) is 17.0 Å². The first-order valence-electron chi connectivity index (χ1n) is 7.90. The van der Waals surface area contributed by atoms with E-state index in [1.165, 1.54) is 7.11 Å². The lowest BCUT2D eigenvalue weighted by atomic mass is 10.0. The number of ketones is 1. The number of methoxy groups -OCH3 is 2. The zero-order valence-electron chi connectivity index (χ0n) is 14.4. The van der Waals surface area contributed by atoms with Crippen LogP contribution in [0.25, 0.3) is 0 Å². The third-order valence-corrected chi connectivity index (χ3v) is 3.80. The van der Waals surface area contributed by atoms with E-state index < -0.39 is 5.97 Å². The van der Waals surface area contributed by atoms with E-state index >= 15 is 0 Å². The molecule has 0 aromatic heterocycles. The van der Waals surface area contributed by atoms with Gasteiger partial charge in [-0.25, -0.2) is 0 Å². The zero-order valence-corrected chi connectivity index (χ0v) is 14.4. The summed E-state index contributed by atoms with van der Waals surface area (Å²) in [5.41, 5.74) is 8.82. The van der Waals surface area contributed by atoms with Crippen LogP contribution in [0.15, 0.2) is 42.5 Å². The highest BCUT2D eigenvalue weighted by Gasteiger charge is 2.11. The van der Waals surface area contributed by atoms with Crippen molar-refractivity contribution in [2.24, 2.45) is 0 Å². The monoisotopic (exact) mass is 342 g/mol. The Kier molecular flexibility index (Phi) is 6.39. The second-order valence-electron chi connectivity index (χ2n) is 5.50. The van der Waals surface area contributed by atoms with Crippen LogP contribution in [-0.2, 0) is 16.1 Å². The molecule has 2 aromatic rings. The Morgan fingerprint density at radius 2 is 1.76 bits per heavy atom. The molecule has 0 saturated heterocycles. The third-order valence-electron chi connectivity index (χ3n) is 3.80. The molecule has 0 fully saturated rings. The number of esters is 1. The van der Waals surface area contributed by atoms with Crippen LogP contribution in [0, 0.1) is 0 Å². The van der Waals surface area contributed by atoms with Crippen LogP contribution in [0.2, 0.25) is 0 Å². The van der Waals surface area contributed by atoms with Crippen molar-refractivity contribution >= 4 is 23.1 Å². The van der Waals surface area contributed by atoms with Crippen LogP contribution in [-0.4, -0.2) is 26.0 Å². The number of carbonyl (C=O) groups excluding carboxylic acids is 2. The van der Waals surface area contributed by atoms with E-state index in [4.69, 9.17) is 10.5 Å². The van der Waals surface area contributed by atoms with Crippen molar-refractivity contribution in [3.8, 4) is 5.75 Å². The quantitative estimate of drug-likeness (QED) is 0.435. The molecule has 6 nitrogen and oxygen atoms in total. The minimum atomic E-state index is -0.404. The summed E-state index contributed by atoms with van der Waals surface area (Å²) in [6, 6.07) is 12.8. The minimum absolute atomic E-state index is 0.0622. The van der Waals surface area contributed by atoms with Gasteiger partial charge in [0.15, 0.2) is 5.78 Å². The Bertz CT molecular complexity index is 742. The van der Waals surface area contributed by atoms with Crippen LogP contribution >= 0.6 is 0 Å². The normalized spacial score (nSPS) is 10.2. The molecule has 0 aliphatic rings. The molecular weight excluding hydrogens is 320 g/mol. The van der Waals surface area contributed by atoms with Gasteiger partial charge < -0.3 is 20.5 Å². The molecule has 0 radical (unpaired) electrons. The maximum atomic E-state index is 12.1. The largest absolute Gasteiger partial charge is 0.497 e. The van der Waals surface area contributed by atoms with Gasteiger partial charge in [-0.1, -0.05) is 12.1 Å². The minimum Gasteiger partial charge on any atom is -0.497 e. The second kappa shape index (κ2) is 8.73. The predicted molar refractivity (Wildman–Crippen MR) is 96.8 cm³/mol. The van der Waals surface area contributed by atoms with Gasteiger partial charge in [-0.15, -0.1) is 0 Å². The lowest BCUT2D eigenvalue weighted by Gasteiger charge is -2.11. The SMILES string of the molecule is COC(=O)CCC(=O)c1ccc(NCc2ccc(OC)cc2)c(N)c1. The Hall–Kier alpha value is -3.02. The summed E-state index contributed by atoms with van der Waals surface area (Å²) in [6.45, 7) is 0.601. The molecule has 0 heterocycles. The maximum absolute atomic E-state index is 12.1. The Morgan fingerprint density at radius 1 is 1.04 bits per heavy atom. The highest BCUT2D eigenvalue weighted by Crippen LogP contribution is 2.22. The number of rotatable bonds is 8. The summed E-state index contributed by atoms with van der Waals surface area (Å²) in [6.07, 6.45) is 0.164. The standard InChI is InChI=1S/C19H22N2O4/c1-24-15-6-3-13(4-7-15)12-21-17-8-5-14(11-16(17)20)18(22)9-10-19(23)25-2/h3-8,11,21H,9-10,12,20H2,1-2H3. The molecule has 0 unspecified atom stereocenters. The van der Waals surface area contributed by atoms with Crippen molar-refractivity contribution in [1.29, 1.82) is 0 Å². The fraction of sp³-hybridized carbons (Fsp3) is 0.263. The van der Waals surface area contributed by atoms with Crippen molar-refractivity contribution in [1.82, 2.24) is 0 Å². The Labute approximate surface area is 146 Å². The number of hydrogen-bond acceptors (Lipinski definition) is 6. The molecule has 3 N–H and O–H groups in total. The summed E-state index contributed by atoms with van der Waals surface area (Å²) in [5, 5.41) is 3.24. The van der Waals surface area contributed by atoms with Crippen molar-refractivity contribution < 1.29 is 19.1 Å². The van der Waals surface area contributed by atoms with E-state index in [-0.39, 0.29) is 18.6 Å². The van der Waals surface area contributed by atoms with Gasteiger partial charge in [0.25, 0.3) is 0 Å². The van der Waals surface area contributed by atoms with Crippen LogP contribution in [0.4, 0.5) is 11.4 Å². The summed E-state index contributed by atoms with van der Waals surface area (Å²) >= 11 is 0. The summed E-state index contributed by atoms with van der Waals surface area (Å²) in [7, 11) is 2.93. The average Bonchev–Trinajstić information content (AvgIpc) is 2.65. The zero-order chi connectivity index (χ0) is 18.2. The summed E-state index contributed by atoms with van der Waals surface area (Å²) in [4.78, 5) is 23.2. The number of nitrogen functional groups attached to an aromatic ring is 1. The molecule has 0 aliphatic carbocycles. The number of nitrogens with one attached hydrogen (secondary N) is 1. The molecular formula is C19H22N2O4. The first-order valence-corrected chi connectivity index (χ1v) is 7.90. The maximum Gasteiger partial charge on any atom is 0.305 e. The Balaban J connectivity index is 1.96. The van der Waals surface area contributed by atoms with Crippen molar-refractivity contribution in [3.63, 3.8) is 0 Å². The van der Waals surface area contributed by atoms with Crippen molar-refractivity contribution in [2.45, 2.75) is 19.4 Å². The smallest absolute Gasteiger partial charge is 0.305 e. The van der Waals surface area contributed by atoms with E-state index in [9.17, 15) is 9.59 Å². The first-order chi connectivity index (χ1) is 12.0. The van der Waals surface area contributed by atoms with Crippen molar-refractivity contribution in [3.05, 3.63) is 53.6 Å². The van der Waals surface area contributed by atoms with Gasteiger partial charge in [0.05, 0.1) is 32.0 Å². The molecule has 2 rings (SSSR count). The molecule has 2 aromatic carbocycles. The lowest BCUT2D eigenvalue weighted by molar-refractivity contribution is -0.140. The van der Waals surface area contributed by atoms with E-state index in [1.807, 2.05) is 24.3 Å². The molecule has 0 amide bonds. The van der Waals surface area contributed by atoms with Crippen LogP contribution in [0.5, 0.6) is 5.75 Å². The third kappa shape index (κ3) is 5.24. The molecule has 25 heavy (non-hydrogen) atoms. The van der Waals surface area contributed by atoms with Crippen LogP contribution in [0.3, 0.4) is 0 Å². The van der Waals surface area contributed by atoms with E-state index in [2.05, 4.69) is 10.1 Å². The van der Waals surface area contributed by atoms with Crippen molar-refractivity contribution in [2.75, 3.05) is 25.3 Å².